The molecule has 1 aromatic heterocycles. The molecule has 1 aliphatic carbocycles. The highest BCUT2D eigenvalue weighted by atomic mass is 127. The van der Waals surface area contributed by atoms with Crippen LogP contribution < -0.4 is 10.6 Å². The Morgan fingerprint density at radius 1 is 1.44 bits per heavy atom. The first kappa shape index (κ1) is 15.7. The minimum absolute atomic E-state index is 0. The van der Waals surface area contributed by atoms with Gasteiger partial charge in [-0.15, -0.1) is 35.3 Å². The van der Waals surface area contributed by atoms with Crippen LogP contribution in [0.15, 0.2) is 4.99 Å². The van der Waals surface area contributed by atoms with Crippen LogP contribution in [0.25, 0.3) is 0 Å². The molecule has 1 heterocycles. The summed E-state index contributed by atoms with van der Waals surface area (Å²) in [4.78, 5) is 10.3. The maximum absolute atomic E-state index is 4.60. The first-order valence-electron chi connectivity index (χ1n) is 6.16. The summed E-state index contributed by atoms with van der Waals surface area (Å²) >= 11 is 1.74. The van der Waals surface area contributed by atoms with Gasteiger partial charge >= 0.3 is 0 Å². The Morgan fingerprint density at radius 2 is 2.17 bits per heavy atom. The standard InChI is InChI=1S/C12H20N4S.HI/c1-4-13-12(16-10-5-6-10)14-7-11-8(2)15-9(3)17-11;/h10H,4-7H2,1-3H3,(H2,13,14,16);1H. The Balaban J connectivity index is 0.00000162. The van der Waals surface area contributed by atoms with Crippen LogP contribution >= 0.6 is 35.3 Å². The summed E-state index contributed by atoms with van der Waals surface area (Å²) in [5, 5.41) is 7.80. The molecule has 0 spiro atoms. The normalized spacial score (nSPS) is 15.2. The van der Waals surface area contributed by atoms with Crippen molar-refractivity contribution in [2.45, 2.75) is 46.2 Å². The molecule has 0 atom stereocenters. The van der Waals surface area contributed by atoms with Crippen LogP contribution in [-0.4, -0.2) is 23.5 Å². The van der Waals surface area contributed by atoms with E-state index in [0.29, 0.717) is 6.04 Å². The molecule has 0 radical (unpaired) electrons. The van der Waals surface area contributed by atoms with Crippen LogP contribution in [0, 0.1) is 13.8 Å². The molecule has 4 nitrogen and oxygen atoms in total. The second-order valence-electron chi connectivity index (χ2n) is 4.36. The van der Waals surface area contributed by atoms with Gasteiger partial charge in [0.15, 0.2) is 5.96 Å². The molecule has 2 N–H and O–H groups in total. The average Bonchev–Trinajstić information content (AvgIpc) is 3.02. The summed E-state index contributed by atoms with van der Waals surface area (Å²) in [6, 6.07) is 0.636. The quantitative estimate of drug-likeness (QED) is 0.480. The zero-order valence-corrected chi connectivity index (χ0v) is 14.3. The van der Waals surface area contributed by atoms with Gasteiger partial charge in [0.25, 0.3) is 0 Å². The van der Waals surface area contributed by atoms with Gasteiger partial charge in [0.2, 0.25) is 0 Å². The maximum Gasteiger partial charge on any atom is 0.191 e. The number of aryl methyl sites for hydroxylation is 2. The van der Waals surface area contributed by atoms with E-state index in [4.69, 9.17) is 0 Å². The van der Waals surface area contributed by atoms with Crippen molar-refractivity contribution in [3.8, 4) is 0 Å². The summed E-state index contributed by atoms with van der Waals surface area (Å²) in [6.45, 7) is 7.80. The Labute approximate surface area is 130 Å². The fourth-order valence-corrected chi connectivity index (χ4v) is 2.47. The number of aromatic nitrogens is 1. The molecule has 0 unspecified atom stereocenters. The van der Waals surface area contributed by atoms with E-state index in [9.17, 15) is 0 Å². The predicted octanol–water partition coefficient (Wildman–Crippen LogP) is 2.60. The molecule has 0 aliphatic heterocycles. The first-order chi connectivity index (χ1) is 8.19. The number of rotatable bonds is 4. The smallest absolute Gasteiger partial charge is 0.191 e. The number of nitrogens with one attached hydrogen (secondary N) is 2. The van der Waals surface area contributed by atoms with Gasteiger partial charge in [-0.1, -0.05) is 0 Å². The van der Waals surface area contributed by atoms with Gasteiger partial charge in [0, 0.05) is 17.5 Å². The zero-order valence-electron chi connectivity index (χ0n) is 11.1. The van der Waals surface area contributed by atoms with Crippen molar-refractivity contribution in [1.29, 1.82) is 0 Å². The van der Waals surface area contributed by atoms with E-state index in [1.54, 1.807) is 11.3 Å². The second-order valence-corrected chi connectivity index (χ2v) is 5.64. The fourth-order valence-electron chi connectivity index (χ4n) is 1.61. The summed E-state index contributed by atoms with van der Waals surface area (Å²) < 4.78 is 0. The lowest BCUT2D eigenvalue weighted by molar-refractivity contribution is 0.813. The Morgan fingerprint density at radius 3 is 2.67 bits per heavy atom. The van der Waals surface area contributed by atoms with Crippen molar-refractivity contribution in [3.63, 3.8) is 0 Å². The maximum atomic E-state index is 4.60. The van der Waals surface area contributed by atoms with E-state index in [0.717, 1.165) is 29.8 Å². The molecule has 18 heavy (non-hydrogen) atoms. The Hall–Kier alpha value is -0.370. The molecule has 0 aromatic carbocycles. The number of hydrogen-bond acceptors (Lipinski definition) is 3. The third-order valence-electron chi connectivity index (χ3n) is 2.64. The fraction of sp³-hybridized carbons (Fsp3) is 0.667. The summed E-state index contributed by atoms with van der Waals surface area (Å²) in [5.41, 5.74) is 1.11. The van der Waals surface area contributed by atoms with Crippen LogP contribution in [0.3, 0.4) is 0 Å². The van der Waals surface area contributed by atoms with Gasteiger partial charge < -0.3 is 10.6 Å². The summed E-state index contributed by atoms with van der Waals surface area (Å²) in [7, 11) is 0. The molecule has 0 amide bonds. The lowest BCUT2D eigenvalue weighted by Gasteiger charge is -2.09. The van der Waals surface area contributed by atoms with Crippen LogP contribution in [0.4, 0.5) is 0 Å². The highest BCUT2D eigenvalue weighted by Gasteiger charge is 2.22. The van der Waals surface area contributed by atoms with E-state index < -0.39 is 0 Å². The molecule has 1 fully saturated rings. The average molecular weight is 380 g/mol. The molecule has 0 saturated heterocycles. The van der Waals surface area contributed by atoms with Crippen LogP contribution in [0.2, 0.25) is 0 Å². The molecule has 1 aromatic rings. The van der Waals surface area contributed by atoms with Crippen molar-refractivity contribution in [3.05, 3.63) is 15.6 Å². The molecule has 102 valence electrons. The highest BCUT2D eigenvalue weighted by Crippen LogP contribution is 2.19. The number of guanidine groups is 1. The number of nitrogens with zero attached hydrogens (tertiary/aromatic N) is 2. The Kier molecular flexibility index (Phi) is 6.34. The molecular weight excluding hydrogens is 359 g/mol. The molecular formula is C12H21IN4S. The van der Waals surface area contributed by atoms with Gasteiger partial charge in [-0.3, -0.25) is 0 Å². The van der Waals surface area contributed by atoms with E-state index in [1.807, 2.05) is 6.92 Å². The van der Waals surface area contributed by atoms with Crippen LogP contribution in [-0.2, 0) is 6.54 Å². The zero-order chi connectivity index (χ0) is 12.3. The van der Waals surface area contributed by atoms with Crippen LogP contribution in [0.1, 0.15) is 35.3 Å². The van der Waals surface area contributed by atoms with Crippen molar-refractivity contribution >= 4 is 41.3 Å². The lowest BCUT2D eigenvalue weighted by atomic mass is 10.4. The van der Waals surface area contributed by atoms with E-state index in [1.165, 1.54) is 17.7 Å². The van der Waals surface area contributed by atoms with Gasteiger partial charge in [-0.2, -0.15) is 0 Å². The highest BCUT2D eigenvalue weighted by molar-refractivity contribution is 14.0. The number of aliphatic imine (C=N–C) groups is 1. The summed E-state index contributed by atoms with van der Waals surface area (Å²) in [6.07, 6.45) is 2.53. The van der Waals surface area contributed by atoms with E-state index in [-0.39, 0.29) is 24.0 Å². The minimum atomic E-state index is 0. The SMILES string of the molecule is CCNC(=NCc1sc(C)nc1C)NC1CC1.I. The third kappa shape index (κ3) is 4.72. The largest absolute Gasteiger partial charge is 0.357 e. The van der Waals surface area contributed by atoms with Gasteiger partial charge in [0.1, 0.15) is 0 Å². The third-order valence-corrected chi connectivity index (χ3v) is 3.70. The van der Waals surface area contributed by atoms with Crippen molar-refractivity contribution in [1.82, 2.24) is 15.6 Å². The summed E-state index contributed by atoms with van der Waals surface area (Å²) in [5.74, 6) is 0.931. The molecule has 6 heteroatoms. The van der Waals surface area contributed by atoms with Crippen molar-refractivity contribution in [2.24, 2.45) is 4.99 Å². The minimum Gasteiger partial charge on any atom is -0.357 e. The van der Waals surface area contributed by atoms with Gasteiger partial charge in [-0.05, 0) is 33.6 Å². The monoisotopic (exact) mass is 380 g/mol. The number of hydrogen-bond donors (Lipinski definition) is 2. The number of halogens is 1. The first-order valence-corrected chi connectivity index (χ1v) is 6.98. The van der Waals surface area contributed by atoms with E-state index >= 15 is 0 Å². The Bertz CT molecular complexity index is 412. The molecule has 1 aliphatic rings. The second kappa shape index (κ2) is 7.28. The predicted molar refractivity (Wildman–Crippen MR) is 88.0 cm³/mol. The van der Waals surface area contributed by atoms with Gasteiger partial charge in [-0.25, -0.2) is 9.98 Å². The topological polar surface area (TPSA) is 49.3 Å². The van der Waals surface area contributed by atoms with Crippen molar-refractivity contribution in [2.75, 3.05) is 6.54 Å². The van der Waals surface area contributed by atoms with Crippen molar-refractivity contribution < 1.29 is 0 Å². The lowest BCUT2D eigenvalue weighted by Crippen LogP contribution is -2.38. The molecule has 2 rings (SSSR count). The van der Waals surface area contributed by atoms with Gasteiger partial charge in [0.05, 0.1) is 17.2 Å². The van der Waals surface area contributed by atoms with E-state index in [2.05, 4.69) is 34.5 Å². The molecule has 0 bridgehead atoms. The number of thiazole rings is 1. The molecule has 1 saturated carbocycles. The van der Waals surface area contributed by atoms with Crippen LogP contribution in [0.5, 0.6) is 0 Å².